The molecule has 0 aliphatic heterocycles. The molecule has 0 radical (unpaired) electrons. The number of phenols is 1. The van der Waals surface area contributed by atoms with E-state index in [9.17, 15) is 23.1 Å². The molecule has 0 amide bonds. The summed E-state index contributed by atoms with van der Waals surface area (Å²) in [4.78, 5) is 12.2. The summed E-state index contributed by atoms with van der Waals surface area (Å²) in [6.07, 6.45) is -4.71. The Morgan fingerprint density at radius 2 is 1.81 bits per heavy atom. The SMILES string of the molecule is O=C(OCCOCCO)c1ccccc1Nc1ccc(O)c(C(F)(F)F)c1. The fourth-order valence-corrected chi connectivity index (χ4v) is 2.20. The van der Waals surface area contributed by atoms with Gasteiger partial charge in [0, 0.05) is 5.69 Å². The molecular weight excluding hydrogens is 367 g/mol. The number of rotatable bonds is 8. The van der Waals surface area contributed by atoms with Gasteiger partial charge in [0.2, 0.25) is 0 Å². The van der Waals surface area contributed by atoms with Crippen LogP contribution in [-0.2, 0) is 15.7 Å². The van der Waals surface area contributed by atoms with Crippen molar-refractivity contribution in [1.82, 2.24) is 0 Å². The molecule has 0 saturated heterocycles. The van der Waals surface area contributed by atoms with E-state index in [2.05, 4.69) is 5.32 Å². The molecular formula is C18H18F3NO5. The van der Waals surface area contributed by atoms with Crippen molar-refractivity contribution in [2.24, 2.45) is 0 Å². The van der Waals surface area contributed by atoms with Gasteiger partial charge < -0.3 is 25.0 Å². The summed E-state index contributed by atoms with van der Waals surface area (Å²) in [6, 6.07) is 9.10. The Hall–Kier alpha value is -2.78. The van der Waals surface area contributed by atoms with E-state index in [0.29, 0.717) is 0 Å². The number of aromatic hydroxyl groups is 1. The van der Waals surface area contributed by atoms with Crippen LogP contribution in [0.5, 0.6) is 5.75 Å². The normalized spacial score (nSPS) is 11.3. The van der Waals surface area contributed by atoms with Crippen LogP contribution in [-0.4, -0.2) is 42.6 Å². The first-order valence-corrected chi connectivity index (χ1v) is 7.95. The number of hydrogen-bond donors (Lipinski definition) is 3. The molecule has 27 heavy (non-hydrogen) atoms. The first kappa shape index (κ1) is 20.5. The van der Waals surface area contributed by atoms with Gasteiger partial charge in [-0.3, -0.25) is 0 Å². The van der Waals surface area contributed by atoms with E-state index in [1.807, 2.05) is 0 Å². The van der Waals surface area contributed by atoms with Crippen LogP contribution >= 0.6 is 0 Å². The number of anilines is 2. The van der Waals surface area contributed by atoms with E-state index in [0.717, 1.165) is 12.1 Å². The number of nitrogens with one attached hydrogen (secondary N) is 1. The smallest absolute Gasteiger partial charge is 0.420 e. The number of benzene rings is 2. The molecule has 146 valence electrons. The highest BCUT2D eigenvalue weighted by Gasteiger charge is 2.34. The first-order chi connectivity index (χ1) is 12.8. The average molecular weight is 385 g/mol. The number of esters is 1. The molecule has 9 heteroatoms. The number of carbonyl (C=O) groups excluding carboxylic acids is 1. The predicted octanol–water partition coefficient (Wildman–Crippen LogP) is 3.32. The van der Waals surface area contributed by atoms with Crippen molar-refractivity contribution in [2.45, 2.75) is 6.18 Å². The van der Waals surface area contributed by atoms with Gasteiger partial charge in [0.1, 0.15) is 12.4 Å². The largest absolute Gasteiger partial charge is 0.507 e. The zero-order valence-corrected chi connectivity index (χ0v) is 14.1. The summed E-state index contributed by atoms with van der Waals surface area (Å²) in [5, 5.41) is 20.7. The Labute approximate surface area is 153 Å². The van der Waals surface area contributed by atoms with E-state index in [4.69, 9.17) is 14.6 Å². The van der Waals surface area contributed by atoms with E-state index in [1.54, 1.807) is 12.1 Å². The van der Waals surface area contributed by atoms with E-state index >= 15 is 0 Å². The number of hydrogen-bond acceptors (Lipinski definition) is 6. The standard InChI is InChI=1S/C18H18F3NO5/c19-18(20,21)14-11-12(5-6-16(14)24)22-15-4-2-1-3-13(15)17(25)27-10-9-26-8-7-23/h1-6,11,22-24H,7-10H2. The Balaban J connectivity index is 2.13. The summed E-state index contributed by atoms with van der Waals surface area (Å²) in [7, 11) is 0. The molecule has 0 spiro atoms. The van der Waals surface area contributed by atoms with Crippen LogP contribution in [0.15, 0.2) is 42.5 Å². The van der Waals surface area contributed by atoms with Gasteiger partial charge in [-0.1, -0.05) is 12.1 Å². The number of halogens is 3. The highest BCUT2D eigenvalue weighted by atomic mass is 19.4. The Bertz CT molecular complexity index is 780. The number of para-hydroxylation sites is 1. The molecule has 0 fully saturated rings. The first-order valence-electron chi connectivity index (χ1n) is 7.95. The molecule has 0 unspecified atom stereocenters. The lowest BCUT2D eigenvalue weighted by atomic mass is 10.1. The number of aliphatic hydroxyl groups is 1. The maximum Gasteiger partial charge on any atom is 0.420 e. The molecule has 2 aromatic carbocycles. The molecule has 0 bridgehead atoms. The third kappa shape index (κ3) is 5.87. The van der Waals surface area contributed by atoms with Crippen molar-refractivity contribution in [3.8, 4) is 5.75 Å². The topological polar surface area (TPSA) is 88.0 Å². The summed E-state index contributed by atoms with van der Waals surface area (Å²) in [6.45, 7) is 0.0464. The Morgan fingerprint density at radius 3 is 2.52 bits per heavy atom. The van der Waals surface area contributed by atoms with Gasteiger partial charge in [-0.25, -0.2) is 4.79 Å². The van der Waals surface area contributed by atoms with Gasteiger partial charge in [0.15, 0.2) is 0 Å². The van der Waals surface area contributed by atoms with Crippen molar-refractivity contribution >= 4 is 17.3 Å². The lowest BCUT2D eigenvalue weighted by molar-refractivity contribution is -0.138. The van der Waals surface area contributed by atoms with Gasteiger partial charge in [0.25, 0.3) is 0 Å². The van der Waals surface area contributed by atoms with Crippen molar-refractivity contribution in [3.05, 3.63) is 53.6 Å². The molecule has 2 aromatic rings. The maximum atomic E-state index is 12.9. The lowest BCUT2D eigenvalue weighted by Gasteiger charge is -2.14. The zero-order valence-electron chi connectivity index (χ0n) is 14.1. The van der Waals surface area contributed by atoms with Gasteiger partial charge in [-0.2, -0.15) is 13.2 Å². The highest BCUT2D eigenvalue weighted by molar-refractivity contribution is 5.96. The van der Waals surface area contributed by atoms with Gasteiger partial charge >= 0.3 is 12.1 Å². The molecule has 0 aliphatic rings. The number of carbonyl (C=O) groups is 1. The summed E-state index contributed by atoms with van der Waals surface area (Å²) >= 11 is 0. The Kier molecular flexibility index (Phi) is 7.03. The Morgan fingerprint density at radius 1 is 1.07 bits per heavy atom. The van der Waals surface area contributed by atoms with Crippen LogP contribution in [0, 0.1) is 0 Å². The lowest BCUT2D eigenvalue weighted by Crippen LogP contribution is -2.13. The molecule has 0 saturated carbocycles. The molecule has 2 rings (SSSR count). The number of aliphatic hydroxyl groups excluding tert-OH is 1. The van der Waals surface area contributed by atoms with Crippen molar-refractivity contribution < 1.29 is 37.7 Å². The number of phenolic OH excluding ortho intramolecular Hbond substituents is 1. The summed E-state index contributed by atoms with van der Waals surface area (Å²) in [5.41, 5.74) is -0.765. The van der Waals surface area contributed by atoms with Crippen molar-refractivity contribution in [3.63, 3.8) is 0 Å². The summed E-state index contributed by atoms with van der Waals surface area (Å²) in [5.74, 6) is -1.57. The minimum Gasteiger partial charge on any atom is -0.507 e. The number of ether oxygens (including phenoxy) is 2. The predicted molar refractivity (Wildman–Crippen MR) is 91.0 cm³/mol. The molecule has 6 nitrogen and oxygen atoms in total. The van der Waals surface area contributed by atoms with Crippen molar-refractivity contribution in [1.29, 1.82) is 0 Å². The zero-order chi connectivity index (χ0) is 19.9. The minimum absolute atomic E-state index is 0.0371. The second kappa shape index (κ2) is 9.24. The maximum absolute atomic E-state index is 12.9. The van der Waals surface area contributed by atoms with Crippen LogP contribution in [0.1, 0.15) is 15.9 Å². The molecule has 0 atom stereocenters. The highest BCUT2D eigenvalue weighted by Crippen LogP contribution is 2.37. The average Bonchev–Trinajstić information content (AvgIpc) is 2.62. The quantitative estimate of drug-likeness (QED) is 0.367. The van der Waals surface area contributed by atoms with Crippen LogP contribution < -0.4 is 5.32 Å². The molecule has 0 aliphatic carbocycles. The minimum atomic E-state index is -4.71. The van der Waals surface area contributed by atoms with Crippen LogP contribution in [0.2, 0.25) is 0 Å². The second-order valence-electron chi connectivity index (χ2n) is 5.37. The fraction of sp³-hybridized carbons (Fsp3) is 0.278. The van der Waals surface area contributed by atoms with Crippen LogP contribution in [0.3, 0.4) is 0 Å². The van der Waals surface area contributed by atoms with E-state index < -0.39 is 23.5 Å². The van der Waals surface area contributed by atoms with Crippen molar-refractivity contribution in [2.75, 3.05) is 31.7 Å². The van der Waals surface area contributed by atoms with Gasteiger partial charge in [0.05, 0.1) is 36.6 Å². The van der Waals surface area contributed by atoms with Crippen LogP contribution in [0.25, 0.3) is 0 Å². The number of alkyl halides is 3. The van der Waals surface area contributed by atoms with E-state index in [1.165, 1.54) is 18.2 Å². The summed E-state index contributed by atoms with van der Waals surface area (Å²) < 4.78 is 48.8. The van der Waals surface area contributed by atoms with Crippen LogP contribution in [0.4, 0.5) is 24.5 Å². The van der Waals surface area contributed by atoms with Gasteiger partial charge in [-0.05, 0) is 30.3 Å². The van der Waals surface area contributed by atoms with E-state index in [-0.39, 0.29) is 43.4 Å². The molecule has 3 N–H and O–H groups in total. The molecule has 0 heterocycles. The fourth-order valence-electron chi connectivity index (χ4n) is 2.20. The van der Waals surface area contributed by atoms with Gasteiger partial charge in [-0.15, -0.1) is 0 Å². The third-order valence-electron chi connectivity index (χ3n) is 3.42. The third-order valence-corrected chi connectivity index (χ3v) is 3.42. The monoisotopic (exact) mass is 385 g/mol. The molecule has 0 aromatic heterocycles. The second-order valence-corrected chi connectivity index (χ2v) is 5.37.